The number of pyridine rings is 1. The van der Waals surface area contributed by atoms with Crippen LogP contribution in [0.3, 0.4) is 0 Å². The van der Waals surface area contributed by atoms with Gasteiger partial charge < -0.3 is 9.67 Å². The van der Waals surface area contributed by atoms with E-state index in [9.17, 15) is 9.59 Å². The Morgan fingerprint density at radius 2 is 1.67 bits per heavy atom. The largest absolute Gasteiger partial charge is 0.478 e. The van der Waals surface area contributed by atoms with E-state index in [4.69, 9.17) is 28.3 Å². The summed E-state index contributed by atoms with van der Waals surface area (Å²) in [6.07, 6.45) is 2.06. The van der Waals surface area contributed by atoms with Crippen molar-refractivity contribution in [1.82, 2.24) is 4.57 Å². The van der Waals surface area contributed by atoms with Gasteiger partial charge in [-0.25, -0.2) is 4.79 Å². The van der Waals surface area contributed by atoms with Crippen LogP contribution >= 0.6 is 23.2 Å². The van der Waals surface area contributed by atoms with Crippen LogP contribution in [0.4, 0.5) is 0 Å². The van der Waals surface area contributed by atoms with Gasteiger partial charge in [-0.1, -0.05) is 72.6 Å². The van der Waals surface area contributed by atoms with Gasteiger partial charge in [0.15, 0.2) is 0 Å². The van der Waals surface area contributed by atoms with Crippen molar-refractivity contribution in [2.45, 2.75) is 38.6 Å². The lowest BCUT2D eigenvalue weighted by Crippen LogP contribution is -2.25. The summed E-state index contributed by atoms with van der Waals surface area (Å²) in [4.78, 5) is 23.7. The summed E-state index contributed by atoms with van der Waals surface area (Å²) < 4.78 is 1.65. The van der Waals surface area contributed by atoms with E-state index in [1.54, 1.807) is 28.8 Å². The van der Waals surface area contributed by atoms with Crippen molar-refractivity contribution < 1.29 is 9.90 Å². The van der Waals surface area contributed by atoms with Crippen molar-refractivity contribution in [3.8, 4) is 0 Å². The van der Waals surface area contributed by atoms with Crippen LogP contribution in [0.25, 0.3) is 0 Å². The number of hydrogen-bond donors (Lipinski definition) is 1. The van der Waals surface area contributed by atoms with Gasteiger partial charge in [0.1, 0.15) is 5.02 Å². The van der Waals surface area contributed by atoms with Gasteiger partial charge in [-0.15, -0.1) is 0 Å². The highest BCUT2D eigenvalue weighted by Gasteiger charge is 2.15. The number of nitrogens with zero attached hydrogens (tertiary/aromatic N) is 1. The monoisotopic (exact) mass is 443 g/mol. The average molecular weight is 444 g/mol. The third kappa shape index (κ3) is 5.32. The minimum Gasteiger partial charge on any atom is -0.478 e. The van der Waals surface area contributed by atoms with E-state index < -0.39 is 5.97 Å². The van der Waals surface area contributed by atoms with Gasteiger partial charge >= 0.3 is 5.97 Å². The highest BCUT2D eigenvalue weighted by atomic mass is 35.5. The molecule has 6 heteroatoms. The van der Waals surface area contributed by atoms with Crippen LogP contribution in [0.5, 0.6) is 0 Å². The van der Waals surface area contributed by atoms with Crippen molar-refractivity contribution in [3.63, 3.8) is 0 Å². The maximum Gasteiger partial charge on any atom is 0.335 e. The molecule has 1 atom stereocenters. The summed E-state index contributed by atoms with van der Waals surface area (Å²) in [5.74, 6) is -0.640. The van der Waals surface area contributed by atoms with E-state index in [-0.39, 0.29) is 16.1 Å². The fourth-order valence-corrected chi connectivity index (χ4v) is 4.06. The Labute approximate surface area is 185 Å². The first-order valence-corrected chi connectivity index (χ1v) is 10.6. The van der Waals surface area contributed by atoms with Gasteiger partial charge in [-0.2, -0.15) is 0 Å². The molecule has 30 heavy (non-hydrogen) atoms. The normalized spacial score (nSPS) is 12.0. The number of aromatic carboxylic acids is 1. The number of aryl methyl sites for hydroxylation is 1. The zero-order chi connectivity index (χ0) is 21.7. The molecule has 1 aromatic heterocycles. The molecule has 0 aliphatic rings. The second-order valence-corrected chi connectivity index (χ2v) is 8.16. The molecule has 3 aromatic rings. The molecule has 0 fully saturated rings. The fraction of sp³-hybridized carbons (Fsp3) is 0.250. The van der Waals surface area contributed by atoms with Gasteiger partial charge in [-0.05, 0) is 54.5 Å². The minimum absolute atomic E-state index is 0.0982. The van der Waals surface area contributed by atoms with Crippen LogP contribution in [0.2, 0.25) is 10.0 Å². The third-order valence-electron chi connectivity index (χ3n) is 5.31. The third-order valence-corrected chi connectivity index (χ3v) is 5.91. The molecule has 1 heterocycles. The maximum absolute atomic E-state index is 12.7. The summed E-state index contributed by atoms with van der Waals surface area (Å²) in [7, 11) is 0. The molecular weight excluding hydrogens is 421 g/mol. The Morgan fingerprint density at radius 1 is 1.00 bits per heavy atom. The Morgan fingerprint density at radius 3 is 2.30 bits per heavy atom. The van der Waals surface area contributed by atoms with E-state index in [1.165, 1.54) is 11.6 Å². The summed E-state index contributed by atoms with van der Waals surface area (Å²) in [5.41, 5.74) is 2.93. The van der Waals surface area contributed by atoms with Crippen molar-refractivity contribution in [1.29, 1.82) is 0 Å². The second kappa shape index (κ2) is 9.96. The predicted molar refractivity (Wildman–Crippen MR) is 121 cm³/mol. The van der Waals surface area contributed by atoms with Gasteiger partial charge in [0.05, 0.1) is 10.6 Å². The molecule has 0 radical (unpaired) electrons. The molecule has 0 amide bonds. The lowest BCUT2D eigenvalue weighted by molar-refractivity contribution is 0.0697. The van der Waals surface area contributed by atoms with E-state index in [1.807, 2.05) is 18.2 Å². The molecule has 0 saturated heterocycles. The summed E-state index contributed by atoms with van der Waals surface area (Å²) >= 11 is 12.6. The van der Waals surface area contributed by atoms with Crippen molar-refractivity contribution in [3.05, 3.63) is 103 Å². The predicted octanol–water partition coefficient (Wildman–Crippen LogP) is 5.83. The van der Waals surface area contributed by atoms with Crippen molar-refractivity contribution in [2.75, 3.05) is 0 Å². The summed E-state index contributed by atoms with van der Waals surface area (Å²) in [6, 6.07) is 18.4. The number of aromatic nitrogens is 1. The number of carboxylic acid groups (broad SMARTS) is 1. The molecule has 0 saturated carbocycles. The molecule has 156 valence electrons. The number of carboxylic acids is 1. The molecule has 4 nitrogen and oxygen atoms in total. The van der Waals surface area contributed by atoms with E-state index in [0.717, 1.165) is 17.7 Å². The number of benzene rings is 2. The molecule has 1 unspecified atom stereocenters. The zero-order valence-electron chi connectivity index (χ0n) is 16.6. The molecule has 0 aliphatic heterocycles. The SMILES string of the molecule is CC(CCc1c(Cl)cc(Cl)c(=O)n1CCc1ccc(C(=O)O)cc1)c1ccccc1. The van der Waals surface area contributed by atoms with Crippen LogP contribution in [-0.2, 0) is 19.4 Å². The van der Waals surface area contributed by atoms with E-state index >= 15 is 0 Å². The molecule has 0 aliphatic carbocycles. The van der Waals surface area contributed by atoms with Crippen LogP contribution in [0, 0.1) is 0 Å². The highest BCUT2D eigenvalue weighted by Crippen LogP contribution is 2.25. The maximum atomic E-state index is 12.7. The van der Waals surface area contributed by atoms with Crippen molar-refractivity contribution in [2.24, 2.45) is 0 Å². The highest BCUT2D eigenvalue weighted by molar-refractivity contribution is 6.34. The second-order valence-electron chi connectivity index (χ2n) is 7.35. The molecule has 1 N–H and O–H groups in total. The smallest absolute Gasteiger partial charge is 0.335 e. The molecule has 2 aromatic carbocycles. The summed E-state index contributed by atoms with van der Waals surface area (Å²) in [6.45, 7) is 2.58. The molecular formula is C24H23Cl2NO3. The quantitative estimate of drug-likeness (QED) is 0.476. The van der Waals surface area contributed by atoms with E-state index in [0.29, 0.717) is 30.3 Å². The molecule has 0 spiro atoms. The van der Waals surface area contributed by atoms with Gasteiger partial charge in [0.25, 0.3) is 5.56 Å². The first kappa shape index (κ1) is 22.1. The van der Waals surface area contributed by atoms with Gasteiger partial charge in [-0.3, -0.25) is 4.79 Å². The molecule has 0 bridgehead atoms. The number of halogens is 2. The first-order chi connectivity index (χ1) is 14.4. The Kier molecular flexibility index (Phi) is 7.35. The van der Waals surface area contributed by atoms with Gasteiger partial charge in [0.2, 0.25) is 0 Å². The summed E-state index contributed by atoms with van der Waals surface area (Å²) in [5, 5.41) is 9.61. The van der Waals surface area contributed by atoms with Crippen LogP contribution in [0.15, 0.2) is 65.5 Å². The van der Waals surface area contributed by atoms with Gasteiger partial charge in [0, 0.05) is 12.2 Å². The first-order valence-electron chi connectivity index (χ1n) is 9.81. The lowest BCUT2D eigenvalue weighted by Gasteiger charge is -2.18. The Balaban J connectivity index is 1.79. The number of hydrogen-bond acceptors (Lipinski definition) is 2. The fourth-order valence-electron chi connectivity index (χ4n) is 3.48. The van der Waals surface area contributed by atoms with Crippen LogP contribution in [0.1, 0.15) is 46.4 Å². The Bertz CT molecular complexity index is 1080. The van der Waals surface area contributed by atoms with Crippen molar-refractivity contribution >= 4 is 29.2 Å². The van der Waals surface area contributed by atoms with Crippen LogP contribution in [-0.4, -0.2) is 15.6 Å². The number of carbonyl (C=O) groups is 1. The molecule has 3 rings (SSSR count). The Hall–Kier alpha value is -2.56. The van der Waals surface area contributed by atoms with Crippen LogP contribution < -0.4 is 5.56 Å². The standard InChI is InChI=1S/C24H23Cl2NO3/c1-16(18-5-3-2-4-6-18)7-12-22-20(25)15-21(26)23(28)27(22)14-13-17-8-10-19(11-9-17)24(29)30/h2-6,8-11,15-16H,7,12-14H2,1H3,(H,29,30). The average Bonchev–Trinajstić information content (AvgIpc) is 2.75. The number of rotatable bonds is 8. The zero-order valence-corrected chi connectivity index (χ0v) is 18.2. The lowest BCUT2D eigenvalue weighted by atomic mass is 9.95. The van der Waals surface area contributed by atoms with E-state index in [2.05, 4.69) is 19.1 Å². The minimum atomic E-state index is -0.964. The topological polar surface area (TPSA) is 59.3 Å².